The highest BCUT2D eigenvalue weighted by Gasteiger charge is 2.24. The molecule has 0 bridgehead atoms. The van der Waals surface area contributed by atoms with Crippen LogP contribution in [0.5, 0.6) is 0 Å². The highest BCUT2D eigenvalue weighted by molar-refractivity contribution is 6.08. The second-order valence-electron chi connectivity index (χ2n) is 6.29. The Bertz CT molecular complexity index is 726. The molecular formula is C20H24N6. The Hall–Kier alpha value is -2.86. The van der Waals surface area contributed by atoms with Crippen LogP contribution in [0.1, 0.15) is 0 Å². The molecule has 2 aliphatic heterocycles. The van der Waals surface area contributed by atoms with Gasteiger partial charge in [-0.3, -0.25) is 4.90 Å². The highest BCUT2D eigenvalue weighted by Crippen LogP contribution is 2.27. The number of rotatable bonds is 2. The van der Waals surface area contributed by atoms with Gasteiger partial charge in [0.1, 0.15) is 0 Å². The van der Waals surface area contributed by atoms with Crippen LogP contribution in [0.25, 0.3) is 0 Å². The van der Waals surface area contributed by atoms with E-state index in [9.17, 15) is 0 Å². The first-order valence-electron chi connectivity index (χ1n) is 9.15. The van der Waals surface area contributed by atoms with Crippen LogP contribution in [-0.2, 0) is 0 Å². The summed E-state index contributed by atoms with van der Waals surface area (Å²) in [5, 5.41) is 6.70. The van der Waals surface area contributed by atoms with Crippen molar-refractivity contribution in [1.29, 1.82) is 0 Å². The van der Waals surface area contributed by atoms with Gasteiger partial charge in [-0.2, -0.15) is 4.99 Å². The van der Waals surface area contributed by atoms with Gasteiger partial charge in [0.05, 0.1) is 6.54 Å². The van der Waals surface area contributed by atoms with E-state index in [1.165, 1.54) is 0 Å². The Labute approximate surface area is 154 Å². The summed E-state index contributed by atoms with van der Waals surface area (Å²) >= 11 is 0. The highest BCUT2D eigenvalue weighted by atomic mass is 15.4. The van der Waals surface area contributed by atoms with Crippen molar-refractivity contribution in [3.63, 3.8) is 0 Å². The third kappa shape index (κ3) is 3.70. The van der Waals surface area contributed by atoms with Crippen molar-refractivity contribution in [2.24, 2.45) is 9.98 Å². The van der Waals surface area contributed by atoms with Gasteiger partial charge in [-0.1, -0.05) is 36.4 Å². The number of benzene rings is 2. The van der Waals surface area contributed by atoms with Crippen molar-refractivity contribution in [2.45, 2.75) is 0 Å². The number of guanidine groups is 2. The quantitative estimate of drug-likeness (QED) is 0.644. The summed E-state index contributed by atoms with van der Waals surface area (Å²) < 4.78 is 0. The summed E-state index contributed by atoms with van der Waals surface area (Å²) in [6.07, 6.45) is 0. The number of hydrogen-bond acceptors (Lipinski definition) is 4. The predicted molar refractivity (Wildman–Crippen MR) is 107 cm³/mol. The fourth-order valence-electron chi connectivity index (χ4n) is 3.22. The lowest BCUT2D eigenvalue weighted by atomic mass is 10.2. The second-order valence-corrected chi connectivity index (χ2v) is 6.29. The molecule has 1 saturated heterocycles. The zero-order chi connectivity index (χ0) is 17.6. The molecule has 6 nitrogen and oxygen atoms in total. The average Bonchev–Trinajstić information content (AvgIpc) is 3.23. The van der Waals surface area contributed by atoms with E-state index in [0.29, 0.717) is 0 Å². The summed E-state index contributed by atoms with van der Waals surface area (Å²) in [4.78, 5) is 14.0. The minimum Gasteiger partial charge on any atom is -0.353 e. The zero-order valence-corrected chi connectivity index (χ0v) is 14.8. The SMILES string of the molecule is c1ccc(N(C(=NC2=NCCN2)N2CCNCC2)c2ccccc2)cc1. The number of nitrogens with one attached hydrogen (secondary N) is 2. The van der Waals surface area contributed by atoms with E-state index in [2.05, 4.69) is 74.0 Å². The van der Waals surface area contributed by atoms with Gasteiger partial charge in [0.25, 0.3) is 0 Å². The summed E-state index contributed by atoms with van der Waals surface area (Å²) in [7, 11) is 0. The monoisotopic (exact) mass is 348 g/mol. The Morgan fingerprint density at radius 3 is 2.04 bits per heavy atom. The molecule has 0 unspecified atom stereocenters. The third-order valence-corrected chi connectivity index (χ3v) is 4.49. The lowest BCUT2D eigenvalue weighted by molar-refractivity contribution is 0.354. The number of hydrogen-bond donors (Lipinski definition) is 2. The van der Waals surface area contributed by atoms with Crippen LogP contribution in [0.4, 0.5) is 11.4 Å². The number of anilines is 2. The molecule has 1 fully saturated rings. The molecule has 2 aromatic carbocycles. The maximum absolute atomic E-state index is 4.93. The minimum absolute atomic E-state index is 0.718. The predicted octanol–water partition coefficient (Wildman–Crippen LogP) is 2.05. The lowest BCUT2D eigenvalue weighted by Gasteiger charge is -2.36. The van der Waals surface area contributed by atoms with Crippen LogP contribution < -0.4 is 15.5 Å². The summed E-state index contributed by atoms with van der Waals surface area (Å²) in [5.74, 6) is 1.63. The van der Waals surface area contributed by atoms with E-state index in [0.717, 1.165) is 62.6 Å². The fourth-order valence-corrected chi connectivity index (χ4v) is 3.22. The Morgan fingerprint density at radius 2 is 1.50 bits per heavy atom. The van der Waals surface area contributed by atoms with Crippen LogP contribution in [0.3, 0.4) is 0 Å². The van der Waals surface area contributed by atoms with Crippen molar-refractivity contribution >= 4 is 23.3 Å². The molecule has 0 atom stereocenters. The van der Waals surface area contributed by atoms with Gasteiger partial charge in [0, 0.05) is 44.1 Å². The first kappa shape index (κ1) is 16.6. The van der Waals surface area contributed by atoms with Gasteiger partial charge < -0.3 is 15.5 Å². The maximum atomic E-state index is 4.93. The molecule has 0 spiro atoms. The lowest BCUT2D eigenvalue weighted by Crippen LogP contribution is -2.52. The van der Waals surface area contributed by atoms with Crippen molar-refractivity contribution in [2.75, 3.05) is 44.2 Å². The molecule has 0 aromatic heterocycles. The standard InChI is InChI=1S/C20H24N6/c1-3-7-17(8-4-1)26(18-9-5-2-6-10-18)20(24-19-22-11-12-23-19)25-15-13-21-14-16-25/h1-10,21H,11-16H2,(H,22,23). The normalized spacial score (nSPS) is 17.6. The molecule has 0 amide bonds. The van der Waals surface area contributed by atoms with Crippen LogP contribution in [0, 0.1) is 0 Å². The molecule has 2 heterocycles. The van der Waals surface area contributed by atoms with E-state index in [1.807, 2.05) is 12.1 Å². The molecule has 2 N–H and O–H groups in total. The largest absolute Gasteiger partial charge is 0.353 e. The molecule has 0 aliphatic carbocycles. The minimum atomic E-state index is 0.718. The number of aliphatic imine (C=N–C) groups is 2. The molecule has 134 valence electrons. The van der Waals surface area contributed by atoms with E-state index in [1.54, 1.807) is 0 Å². The van der Waals surface area contributed by atoms with Gasteiger partial charge in [0.15, 0.2) is 0 Å². The molecule has 0 radical (unpaired) electrons. The summed E-state index contributed by atoms with van der Waals surface area (Å²) in [6.45, 7) is 5.38. The molecular weight excluding hydrogens is 324 g/mol. The smallest absolute Gasteiger partial charge is 0.221 e. The van der Waals surface area contributed by atoms with Gasteiger partial charge in [-0.05, 0) is 24.3 Å². The number of nitrogens with zero attached hydrogens (tertiary/aromatic N) is 4. The topological polar surface area (TPSA) is 55.3 Å². The van der Waals surface area contributed by atoms with Crippen LogP contribution in [0.15, 0.2) is 70.6 Å². The van der Waals surface area contributed by atoms with Gasteiger partial charge in [-0.15, -0.1) is 0 Å². The molecule has 0 saturated carbocycles. The molecule has 4 rings (SSSR count). The molecule has 2 aliphatic rings. The third-order valence-electron chi connectivity index (χ3n) is 4.49. The fraction of sp³-hybridized carbons (Fsp3) is 0.300. The molecule has 6 heteroatoms. The first-order valence-corrected chi connectivity index (χ1v) is 9.15. The van der Waals surface area contributed by atoms with Gasteiger partial charge in [0.2, 0.25) is 11.9 Å². The number of piperazine rings is 1. The van der Waals surface area contributed by atoms with E-state index >= 15 is 0 Å². The van der Waals surface area contributed by atoms with Gasteiger partial charge >= 0.3 is 0 Å². The average molecular weight is 348 g/mol. The van der Waals surface area contributed by atoms with Crippen LogP contribution in [0.2, 0.25) is 0 Å². The van der Waals surface area contributed by atoms with Gasteiger partial charge in [-0.25, -0.2) is 4.99 Å². The van der Waals surface area contributed by atoms with Crippen molar-refractivity contribution in [1.82, 2.24) is 15.5 Å². The van der Waals surface area contributed by atoms with Crippen LogP contribution >= 0.6 is 0 Å². The zero-order valence-electron chi connectivity index (χ0n) is 14.8. The summed E-state index contributed by atoms with van der Waals surface area (Å²) in [6, 6.07) is 20.8. The van der Waals surface area contributed by atoms with E-state index < -0.39 is 0 Å². The number of para-hydroxylation sites is 2. The Kier molecular flexibility index (Phi) is 5.12. The summed E-state index contributed by atoms with van der Waals surface area (Å²) in [5.41, 5.74) is 2.18. The van der Waals surface area contributed by atoms with E-state index in [-0.39, 0.29) is 0 Å². The van der Waals surface area contributed by atoms with Crippen molar-refractivity contribution in [3.8, 4) is 0 Å². The molecule has 26 heavy (non-hydrogen) atoms. The first-order chi connectivity index (χ1) is 12.9. The Balaban J connectivity index is 1.80. The Morgan fingerprint density at radius 1 is 0.885 bits per heavy atom. The van der Waals surface area contributed by atoms with E-state index in [4.69, 9.17) is 4.99 Å². The molecule has 2 aromatic rings. The van der Waals surface area contributed by atoms with Crippen molar-refractivity contribution < 1.29 is 0 Å². The second kappa shape index (κ2) is 8.01. The van der Waals surface area contributed by atoms with Crippen LogP contribution in [-0.4, -0.2) is 56.1 Å². The van der Waals surface area contributed by atoms with Crippen molar-refractivity contribution in [3.05, 3.63) is 60.7 Å². The maximum Gasteiger partial charge on any atom is 0.221 e.